The van der Waals surface area contributed by atoms with Gasteiger partial charge in [0.15, 0.2) is 23.3 Å². The Labute approximate surface area is 261 Å². The minimum atomic E-state index is -4.71. The van der Waals surface area contributed by atoms with Gasteiger partial charge in [0.2, 0.25) is 5.91 Å². The number of halogens is 6. The lowest BCUT2D eigenvalue weighted by molar-refractivity contribution is -0.684. The van der Waals surface area contributed by atoms with Crippen LogP contribution >= 0.6 is 23.1 Å². The summed E-state index contributed by atoms with van der Waals surface area (Å²) in [5, 5.41) is 3.10. The molecule has 0 saturated carbocycles. The van der Waals surface area contributed by atoms with Crippen LogP contribution < -0.4 is 5.32 Å². The number of benzene rings is 3. The van der Waals surface area contributed by atoms with E-state index in [1.807, 2.05) is 23.5 Å². The van der Waals surface area contributed by atoms with Crippen molar-refractivity contribution >= 4 is 40.1 Å². The molecular formula is C30H23ClF5N6O2S+. The number of fused-ring (bicyclic) bond motifs is 2. The predicted molar refractivity (Wildman–Crippen MR) is 153 cm³/mol. The third kappa shape index (κ3) is 5.35. The van der Waals surface area contributed by atoms with Crippen LogP contribution in [0.3, 0.4) is 0 Å². The highest BCUT2D eigenvalue weighted by atomic mass is 35.5. The molecule has 15 heteroatoms. The highest BCUT2D eigenvalue weighted by Crippen LogP contribution is 2.41. The van der Waals surface area contributed by atoms with Crippen molar-refractivity contribution in [1.29, 1.82) is 0 Å². The van der Waals surface area contributed by atoms with Crippen LogP contribution in [0.2, 0.25) is 5.02 Å². The predicted octanol–water partition coefficient (Wildman–Crippen LogP) is 4.71. The molecule has 2 fully saturated rings. The van der Waals surface area contributed by atoms with Crippen LogP contribution in [0.4, 0.5) is 22.0 Å². The van der Waals surface area contributed by atoms with E-state index >= 15 is 0 Å². The number of oxazole rings is 1. The quantitative estimate of drug-likeness (QED) is 0.265. The first-order chi connectivity index (χ1) is 21.5. The summed E-state index contributed by atoms with van der Waals surface area (Å²) in [7, 11) is 0. The molecule has 2 aliphatic rings. The summed E-state index contributed by atoms with van der Waals surface area (Å²) in [4.78, 5) is 25.6. The number of quaternary nitrogens is 1. The number of hydrogen-bond acceptors (Lipinski definition) is 7. The Morgan fingerprint density at radius 2 is 1.89 bits per heavy atom. The van der Waals surface area contributed by atoms with Gasteiger partial charge in [-0.15, -0.1) is 0 Å². The van der Waals surface area contributed by atoms with Crippen molar-refractivity contribution in [2.75, 3.05) is 19.6 Å². The number of carbonyl (C=O) groups excluding carboxylic acids is 1. The fourth-order valence-corrected chi connectivity index (χ4v) is 7.29. The molecule has 0 aliphatic carbocycles. The lowest BCUT2D eigenvalue weighted by Gasteiger charge is -2.45. The van der Waals surface area contributed by atoms with E-state index in [1.165, 1.54) is 23.1 Å². The zero-order valence-electron chi connectivity index (χ0n) is 23.2. The smallest absolute Gasteiger partial charge is 0.420 e. The molecule has 1 unspecified atom stereocenters. The summed E-state index contributed by atoms with van der Waals surface area (Å²) in [5.74, 6) is -1.69. The van der Waals surface area contributed by atoms with Crippen LogP contribution in [-0.2, 0) is 29.5 Å². The summed E-state index contributed by atoms with van der Waals surface area (Å²) in [6.07, 6.45) is -4.00. The van der Waals surface area contributed by atoms with Crippen molar-refractivity contribution in [3.05, 3.63) is 111 Å². The van der Waals surface area contributed by atoms with E-state index in [2.05, 4.69) is 9.36 Å². The third-order valence-electron chi connectivity index (χ3n) is 8.23. The zero-order chi connectivity index (χ0) is 31.5. The van der Waals surface area contributed by atoms with Gasteiger partial charge in [-0.1, -0.05) is 23.7 Å². The average molecular weight is 662 g/mol. The highest BCUT2D eigenvalue weighted by molar-refractivity contribution is 7.05. The maximum Gasteiger partial charge on any atom is 0.420 e. The molecular weight excluding hydrogens is 639 g/mol. The number of nitrogens with zero attached hydrogens (tertiary/aromatic N) is 5. The van der Waals surface area contributed by atoms with Crippen LogP contribution in [-0.4, -0.2) is 55.8 Å². The third-order valence-corrected chi connectivity index (χ3v) is 9.17. The molecule has 5 aromatic rings. The number of alkyl halides is 3. The van der Waals surface area contributed by atoms with E-state index in [0.29, 0.717) is 23.0 Å². The molecule has 2 aliphatic heterocycles. The normalized spacial score (nSPS) is 20.7. The Kier molecular flexibility index (Phi) is 7.34. The number of rotatable bonds is 6. The minimum Gasteiger partial charge on any atom is -0.443 e. The van der Waals surface area contributed by atoms with E-state index in [9.17, 15) is 26.7 Å². The van der Waals surface area contributed by atoms with Gasteiger partial charge in [-0.05, 0) is 64.6 Å². The molecule has 2 N–H and O–H groups in total. The summed E-state index contributed by atoms with van der Waals surface area (Å²) in [6.45, 7) is 0.280. The summed E-state index contributed by atoms with van der Waals surface area (Å²) >= 11 is 7.29. The Morgan fingerprint density at radius 3 is 2.64 bits per heavy atom. The number of carbonyl (C=O) groups is 1. The Balaban J connectivity index is 1.28. The van der Waals surface area contributed by atoms with E-state index in [4.69, 9.17) is 21.0 Å². The van der Waals surface area contributed by atoms with Gasteiger partial charge < -0.3 is 14.6 Å². The highest BCUT2D eigenvalue weighted by Gasteiger charge is 2.57. The maximum absolute atomic E-state index is 14.7. The molecule has 45 heavy (non-hydrogen) atoms. The Bertz CT molecular complexity index is 1910. The molecule has 1 amide bonds. The number of hydrogen-bond donors (Lipinski definition) is 1. The van der Waals surface area contributed by atoms with E-state index in [-0.39, 0.29) is 53.6 Å². The first-order valence-corrected chi connectivity index (χ1v) is 15.0. The molecule has 2 atom stereocenters. The van der Waals surface area contributed by atoms with Gasteiger partial charge in [-0.2, -0.15) is 17.5 Å². The second kappa shape index (κ2) is 11.1. The number of nitrogens with two attached hydrogens (primary N) is 1. The number of piperazine rings is 1. The van der Waals surface area contributed by atoms with Gasteiger partial charge in [0.05, 0.1) is 6.54 Å². The van der Waals surface area contributed by atoms with Crippen molar-refractivity contribution in [1.82, 2.24) is 24.1 Å². The van der Waals surface area contributed by atoms with Crippen molar-refractivity contribution in [3.63, 3.8) is 0 Å². The zero-order valence-corrected chi connectivity index (χ0v) is 24.8. The largest absolute Gasteiger partial charge is 0.443 e. The number of aromatic nitrogens is 3. The number of amides is 1. The fourth-order valence-electron chi connectivity index (χ4n) is 6.34. The van der Waals surface area contributed by atoms with Gasteiger partial charge in [-0.3, -0.25) is 4.79 Å². The molecule has 0 radical (unpaired) electrons. The molecule has 7 rings (SSSR count). The molecule has 3 aromatic carbocycles. The van der Waals surface area contributed by atoms with E-state index < -0.39 is 35.1 Å². The lowest BCUT2D eigenvalue weighted by atomic mass is 9.84. The first kappa shape index (κ1) is 29.7. The molecule has 232 valence electrons. The second-order valence-corrected chi connectivity index (χ2v) is 12.3. The van der Waals surface area contributed by atoms with Crippen molar-refractivity contribution in [2.45, 2.75) is 30.8 Å². The van der Waals surface area contributed by atoms with Crippen LogP contribution in [0.1, 0.15) is 33.1 Å². The van der Waals surface area contributed by atoms with Gasteiger partial charge in [0, 0.05) is 24.1 Å². The van der Waals surface area contributed by atoms with Crippen molar-refractivity contribution < 1.29 is 36.5 Å². The van der Waals surface area contributed by atoms with Gasteiger partial charge >= 0.3 is 6.18 Å². The first-order valence-electron chi connectivity index (χ1n) is 13.9. The van der Waals surface area contributed by atoms with Crippen molar-refractivity contribution in [3.8, 4) is 0 Å². The summed E-state index contributed by atoms with van der Waals surface area (Å²) in [5.41, 5.74) is -1.35. The van der Waals surface area contributed by atoms with Crippen LogP contribution in [0, 0.1) is 11.6 Å². The van der Waals surface area contributed by atoms with Crippen molar-refractivity contribution in [2.24, 2.45) is 0 Å². The van der Waals surface area contributed by atoms with Crippen LogP contribution in [0.25, 0.3) is 11.1 Å². The summed E-state index contributed by atoms with van der Waals surface area (Å²) in [6, 6.07) is 12.9. The lowest BCUT2D eigenvalue weighted by Crippen LogP contribution is -2.96. The van der Waals surface area contributed by atoms with Gasteiger partial charge in [0.1, 0.15) is 47.0 Å². The molecule has 8 nitrogen and oxygen atoms in total. The Hall–Kier alpha value is -3.98. The fraction of sp³-hybridized carbons (Fsp3) is 0.267. The van der Waals surface area contributed by atoms with E-state index in [1.54, 1.807) is 11.0 Å². The monoisotopic (exact) mass is 661 g/mol. The standard InChI is InChI=1S/C30H22ClF5N6O2S/c31-19-3-1-2-16(4-19)7-24-39-28(40-45-24)29(18-8-20(32)10-21(33)9-18)14-37-11-25-41(26(43)13-42(25)29)12-17-5-22(30(34,35)36)27-23(6-17)38-15-44-27/h1-6,8-10,15,25,37H,7,11-14H2/p+1/t25?,29-/m1/s1. The van der Waals surface area contributed by atoms with Crippen LogP contribution in [0.5, 0.6) is 0 Å². The second-order valence-electron chi connectivity index (χ2n) is 11.0. The average Bonchev–Trinajstić information content (AvgIpc) is 3.71. The SMILES string of the molecule is O=C1CN2C(C[NH2+]C[C@@]2(c2cc(F)cc(F)c2)c2nsc(Cc3cccc(Cl)c3)n2)N1Cc1cc(C(F)(F)F)c2ocnc2c1. The maximum atomic E-state index is 14.7. The minimum absolute atomic E-state index is 0.0158. The van der Waals surface area contributed by atoms with Gasteiger partial charge in [0.25, 0.3) is 0 Å². The molecule has 0 spiro atoms. The van der Waals surface area contributed by atoms with E-state index in [0.717, 1.165) is 35.6 Å². The molecule has 0 bridgehead atoms. The molecule has 2 saturated heterocycles. The van der Waals surface area contributed by atoms with Crippen LogP contribution in [0.15, 0.2) is 65.4 Å². The summed E-state index contributed by atoms with van der Waals surface area (Å²) < 4.78 is 80.7. The topological polar surface area (TPSA) is 92.0 Å². The Morgan fingerprint density at radius 1 is 1.09 bits per heavy atom. The molecule has 4 heterocycles. The molecule has 2 aromatic heterocycles. The van der Waals surface area contributed by atoms with Gasteiger partial charge in [-0.25, -0.2) is 23.6 Å².